The number of nitrogens with two attached hydrogens (primary N) is 1. The van der Waals surface area contributed by atoms with Gasteiger partial charge in [0.15, 0.2) is 0 Å². The molecule has 0 aliphatic heterocycles. The number of benzene rings is 3. The van der Waals surface area contributed by atoms with E-state index in [1.807, 2.05) is 54.6 Å². The van der Waals surface area contributed by atoms with Gasteiger partial charge in [0.25, 0.3) is 0 Å². The van der Waals surface area contributed by atoms with Crippen molar-refractivity contribution in [2.24, 2.45) is 0 Å². The molecule has 3 aromatic rings. The summed E-state index contributed by atoms with van der Waals surface area (Å²) in [7, 11) is 0. The summed E-state index contributed by atoms with van der Waals surface area (Å²) in [4.78, 5) is 0. The topological polar surface area (TPSA) is 46.2 Å². The molecular weight excluding hydrogens is 222 g/mol. The summed E-state index contributed by atoms with van der Waals surface area (Å²) in [6, 6.07) is 19.7. The maximum Gasteiger partial charge on any atom is 0.146 e. The first-order chi connectivity index (χ1) is 8.75. The van der Waals surface area contributed by atoms with Gasteiger partial charge in [0.05, 0.1) is 5.69 Å². The van der Waals surface area contributed by atoms with Crippen molar-refractivity contribution < 1.29 is 5.11 Å². The van der Waals surface area contributed by atoms with E-state index in [-0.39, 0.29) is 5.75 Å². The molecule has 0 unspecified atom stereocenters. The summed E-state index contributed by atoms with van der Waals surface area (Å²) >= 11 is 0. The third-order valence-electron chi connectivity index (χ3n) is 3.13. The average molecular weight is 235 g/mol. The minimum absolute atomic E-state index is 0.158. The Labute approximate surface area is 105 Å². The number of phenols is 1. The summed E-state index contributed by atoms with van der Waals surface area (Å²) in [6.45, 7) is 0. The molecule has 0 spiro atoms. The number of anilines is 1. The summed E-state index contributed by atoms with van der Waals surface area (Å²) in [5, 5.41) is 11.8. The van der Waals surface area contributed by atoms with Crippen molar-refractivity contribution in [3.63, 3.8) is 0 Å². The van der Waals surface area contributed by atoms with E-state index in [2.05, 4.69) is 0 Å². The lowest BCUT2D eigenvalue weighted by Gasteiger charge is -2.07. The molecule has 0 fully saturated rings. The van der Waals surface area contributed by atoms with Crippen molar-refractivity contribution in [1.82, 2.24) is 0 Å². The summed E-state index contributed by atoms with van der Waals surface area (Å²) in [6.07, 6.45) is 0. The molecule has 3 N–H and O–H groups in total. The Morgan fingerprint density at radius 3 is 2.28 bits per heavy atom. The zero-order chi connectivity index (χ0) is 12.5. The molecule has 2 nitrogen and oxygen atoms in total. The molecule has 0 amide bonds. The van der Waals surface area contributed by atoms with Gasteiger partial charge in [0.1, 0.15) is 5.75 Å². The van der Waals surface area contributed by atoms with Gasteiger partial charge in [-0.1, -0.05) is 48.5 Å². The van der Waals surface area contributed by atoms with Crippen LogP contribution in [0.2, 0.25) is 0 Å². The molecule has 0 bridgehead atoms. The van der Waals surface area contributed by atoms with Gasteiger partial charge in [-0.2, -0.15) is 0 Å². The Hall–Kier alpha value is -2.48. The van der Waals surface area contributed by atoms with E-state index < -0.39 is 0 Å². The van der Waals surface area contributed by atoms with Crippen LogP contribution in [0.5, 0.6) is 5.75 Å². The van der Waals surface area contributed by atoms with Crippen LogP contribution in [0, 0.1) is 0 Å². The van der Waals surface area contributed by atoms with Gasteiger partial charge in [-0.25, -0.2) is 0 Å². The van der Waals surface area contributed by atoms with Crippen LogP contribution in [0.15, 0.2) is 60.7 Å². The molecule has 0 radical (unpaired) electrons. The molecule has 0 aliphatic rings. The first-order valence-corrected chi connectivity index (χ1v) is 5.82. The zero-order valence-electron chi connectivity index (χ0n) is 9.80. The molecule has 0 aliphatic carbocycles. The highest BCUT2D eigenvalue weighted by molar-refractivity contribution is 5.95. The Morgan fingerprint density at radius 2 is 1.50 bits per heavy atom. The van der Waals surface area contributed by atoms with Crippen LogP contribution >= 0.6 is 0 Å². The molecule has 3 aromatic carbocycles. The van der Waals surface area contributed by atoms with Gasteiger partial charge in [0, 0.05) is 5.39 Å². The normalized spacial score (nSPS) is 10.7. The molecular formula is C16H13NO. The van der Waals surface area contributed by atoms with Crippen molar-refractivity contribution in [2.45, 2.75) is 0 Å². The highest BCUT2D eigenvalue weighted by Crippen LogP contribution is 2.33. The number of hydrogen-bond donors (Lipinski definition) is 2. The van der Waals surface area contributed by atoms with Crippen molar-refractivity contribution >= 4 is 16.5 Å². The molecule has 0 heterocycles. The number of aromatic hydroxyl groups is 1. The molecule has 88 valence electrons. The summed E-state index contributed by atoms with van der Waals surface area (Å²) in [5.74, 6) is 0.158. The SMILES string of the molecule is Nc1ccc2ccc(-c3ccccc3)cc2c1O. The smallest absolute Gasteiger partial charge is 0.146 e. The molecule has 3 rings (SSSR count). The second-order valence-electron chi connectivity index (χ2n) is 4.31. The number of phenolic OH excluding ortho intramolecular Hbond substituents is 1. The summed E-state index contributed by atoms with van der Waals surface area (Å²) < 4.78 is 0. The largest absolute Gasteiger partial charge is 0.505 e. The third kappa shape index (κ3) is 1.68. The first kappa shape index (κ1) is 10.7. The van der Waals surface area contributed by atoms with Gasteiger partial charge < -0.3 is 10.8 Å². The second-order valence-corrected chi connectivity index (χ2v) is 4.31. The maximum atomic E-state index is 10.0. The number of rotatable bonds is 1. The lowest BCUT2D eigenvalue weighted by atomic mass is 10.0. The van der Waals surface area contributed by atoms with Gasteiger partial charge in [0.2, 0.25) is 0 Å². The predicted octanol–water partition coefficient (Wildman–Crippen LogP) is 3.79. The van der Waals surface area contributed by atoms with Crippen molar-refractivity contribution in [3.05, 3.63) is 60.7 Å². The Morgan fingerprint density at radius 1 is 0.778 bits per heavy atom. The monoisotopic (exact) mass is 235 g/mol. The first-order valence-electron chi connectivity index (χ1n) is 5.82. The van der Waals surface area contributed by atoms with Crippen LogP contribution in [0.25, 0.3) is 21.9 Å². The van der Waals surface area contributed by atoms with Crippen LogP contribution in [-0.4, -0.2) is 5.11 Å². The van der Waals surface area contributed by atoms with Crippen molar-refractivity contribution in [1.29, 1.82) is 0 Å². The van der Waals surface area contributed by atoms with Crippen LogP contribution in [0.3, 0.4) is 0 Å². The summed E-state index contributed by atoms with van der Waals surface area (Å²) in [5.41, 5.74) is 8.33. The van der Waals surface area contributed by atoms with Crippen LogP contribution < -0.4 is 5.73 Å². The number of nitrogen functional groups attached to an aromatic ring is 1. The molecule has 2 heteroatoms. The van der Waals surface area contributed by atoms with Crippen molar-refractivity contribution in [3.8, 4) is 16.9 Å². The highest BCUT2D eigenvalue weighted by atomic mass is 16.3. The van der Waals surface area contributed by atoms with E-state index in [0.29, 0.717) is 5.69 Å². The minimum atomic E-state index is 0.158. The number of hydrogen-bond acceptors (Lipinski definition) is 2. The minimum Gasteiger partial charge on any atom is -0.505 e. The Bertz CT molecular complexity index is 705. The van der Waals surface area contributed by atoms with E-state index in [0.717, 1.165) is 21.9 Å². The van der Waals surface area contributed by atoms with E-state index in [9.17, 15) is 5.11 Å². The third-order valence-corrected chi connectivity index (χ3v) is 3.13. The molecule has 0 atom stereocenters. The molecule has 0 saturated heterocycles. The van der Waals surface area contributed by atoms with E-state index in [1.165, 1.54) is 0 Å². The van der Waals surface area contributed by atoms with Gasteiger partial charge in [-0.3, -0.25) is 0 Å². The fourth-order valence-electron chi connectivity index (χ4n) is 2.13. The predicted molar refractivity (Wildman–Crippen MR) is 75.5 cm³/mol. The quantitative estimate of drug-likeness (QED) is 0.498. The number of fused-ring (bicyclic) bond motifs is 1. The van der Waals surface area contributed by atoms with Gasteiger partial charge in [-0.05, 0) is 28.6 Å². The molecule has 0 saturated carbocycles. The van der Waals surface area contributed by atoms with Gasteiger partial charge in [-0.15, -0.1) is 0 Å². The Kier molecular flexibility index (Phi) is 2.41. The van der Waals surface area contributed by atoms with Crippen LogP contribution in [-0.2, 0) is 0 Å². The van der Waals surface area contributed by atoms with E-state index in [1.54, 1.807) is 6.07 Å². The van der Waals surface area contributed by atoms with Crippen LogP contribution in [0.1, 0.15) is 0 Å². The van der Waals surface area contributed by atoms with Crippen LogP contribution in [0.4, 0.5) is 5.69 Å². The standard InChI is InChI=1S/C16H13NO/c17-15-9-8-12-6-7-13(10-14(12)16(15)18)11-4-2-1-3-5-11/h1-10,18H,17H2. The zero-order valence-corrected chi connectivity index (χ0v) is 9.80. The van der Waals surface area contributed by atoms with Crippen molar-refractivity contribution in [2.75, 3.05) is 5.73 Å². The lowest BCUT2D eigenvalue weighted by Crippen LogP contribution is -1.86. The van der Waals surface area contributed by atoms with E-state index in [4.69, 9.17) is 5.73 Å². The maximum absolute atomic E-state index is 10.0. The fraction of sp³-hybridized carbons (Fsp3) is 0. The average Bonchev–Trinajstić information content (AvgIpc) is 2.44. The van der Waals surface area contributed by atoms with Gasteiger partial charge >= 0.3 is 0 Å². The second kappa shape index (κ2) is 4.08. The highest BCUT2D eigenvalue weighted by Gasteiger charge is 2.05. The lowest BCUT2D eigenvalue weighted by molar-refractivity contribution is 0.484. The Balaban J connectivity index is 2.25. The molecule has 0 aromatic heterocycles. The fourth-order valence-corrected chi connectivity index (χ4v) is 2.13. The molecule has 18 heavy (non-hydrogen) atoms. The van der Waals surface area contributed by atoms with E-state index >= 15 is 0 Å².